The van der Waals surface area contributed by atoms with Crippen LogP contribution in [0.3, 0.4) is 0 Å². The molecule has 0 unspecified atom stereocenters. The highest BCUT2D eigenvalue weighted by Gasteiger charge is 2.33. The molecule has 0 amide bonds. The summed E-state index contributed by atoms with van der Waals surface area (Å²) in [6.07, 6.45) is 4.93. The second-order valence-electron chi connectivity index (χ2n) is 6.94. The van der Waals surface area contributed by atoms with Gasteiger partial charge < -0.3 is 10.1 Å². The summed E-state index contributed by atoms with van der Waals surface area (Å²) in [6, 6.07) is 6.80. The molecule has 0 spiro atoms. The van der Waals surface area contributed by atoms with E-state index in [1.54, 1.807) is 42.4 Å². The molecule has 0 bridgehead atoms. The SMILES string of the molecule is CC(C)S(=O)(=O)N(c1ccc2[nH]c(C(=O)O)cc2c1)C1CCCCC1. The summed E-state index contributed by atoms with van der Waals surface area (Å²) in [5, 5.41) is 9.33. The van der Waals surface area contributed by atoms with Gasteiger partial charge in [0, 0.05) is 16.9 Å². The van der Waals surface area contributed by atoms with Gasteiger partial charge in [0.15, 0.2) is 0 Å². The van der Waals surface area contributed by atoms with Gasteiger partial charge in [-0.1, -0.05) is 19.3 Å². The van der Waals surface area contributed by atoms with Crippen molar-refractivity contribution in [3.05, 3.63) is 30.0 Å². The molecule has 1 fully saturated rings. The van der Waals surface area contributed by atoms with E-state index in [1.807, 2.05) is 0 Å². The molecule has 0 aliphatic heterocycles. The summed E-state index contributed by atoms with van der Waals surface area (Å²) in [5.74, 6) is -1.03. The Morgan fingerprint density at radius 2 is 1.88 bits per heavy atom. The number of rotatable bonds is 5. The van der Waals surface area contributed by atoms with E-state index in [-0.39, 0.29) is 11.7 Å². The van der Waals surface area contributed by atoms with Gasteiger partial charge >= 0.3 is 5.97 Å². The number of aromatic nitrogens is 1. The van der Waals surface area contributed by atoms with Crippen molar-refractivity contribution in [1.82, 2.24) is 4.98 Å². The molecule has 0 saturated heterocycles. The van der Waals surface area contributed by atoms with Crippen LogP contribution in [0.5, 0.6) is 0 Å². The number of hydrogen-bond acceptors (Lipinski definition) is 3. The number of hydrogen-bond donors (Lipinski definition) is 2. The van der Waals surface area contributed by atoms with Crippen molar-refractivity contribution >= 4 is 32.6 Å². The van der Waals surface area contributed by atoms with Crippen LogP contribution in [-0.4, -0.2) is 35.8 Å². The predicted molar refractivity (Wildman–Crippen MR) is 98.7 cm³/mol. The van der Waals surface area contributed by atoms with Crippen LogP contribution < -0.4 is 4.31 Å². The Morgan fingerprint density at radius 3 is 2.48 bits per heavy atom. The largest absolute Gasteiger partial charge is 0.477 e. The molecule has 1 aliphatic carbocycles. The molecule has 6 nitrogen and oxygen atoms in total. The van der Waals surface area contributed by atoms with Gasteiger partial charge in [-0.25, -0.2) is 13.2 Å². The molecule has 7 heteroatoms. The smallest absolute Gasteiger partial charge is 0.352 e. The zero-order valence-electron chi connectivity index (χ0n) is 14.5. The minimum atomic E-state index is -3.46. The molecule has 1 saturated carbocycles. The van der Waals surface area contributed by atoms with Crippen molar-refractivity contribution in [2.45, 2.75) is 57.2 Å². The molecule has 1 aliphatic rings. The number of carbonyl (C=O) groups is 1. The fourth-order valence-electron chi connectivity index (χ4n) is 3.48. The van der Waals surface area contributed by atoms with Crippen LogP contribution in [-0.2, 0) is 10.0 Å². The fraction of sp³-hybridized carbons (Fsp3) is 0.500. The zero-order chi connectivity index (χ0) is 18.2. The van der Waals surface area contributed by atoms with Gasteiger partial charge in [-0.15, -0.1) is 0 Å². The Balaban J connectivity index is 2.08. The number of benzene rings is 1. The molecule has 2 N–H and O–H groups in total. The van der Waals surface area contributed by atoms with Crippen LogP contribution in [0.4, 0.5) is 5.69 Å². The maximum Gasteiger partial charge on any atom is 0.352 e. The van der Waals surface area contributed by atoms with Crippen molar-refractivity contribution in [3.63, 3.8) is 0 Å². The van der Waals surface area contributed by atoms with Gasteiger partial charge in [-0.3, -0.25) is 4.31 Å². The summed E-state index contributed by atoms with van der Waals surface area (Å²) in [7, 11) is -3.46. The topological polar surface area (TPSA) is 90.5 Å². The average Bonchev–Trinajstić information content (AvgIpc) is 2.99. The first-order valence-corrected chi connectivity index (χ1v) is 10.2. The second-order valence-corrected chi connectivity index (χ2v) is 9.31. The van der Waals surface area contributed by atoms with Crippen LogP contribution in [0.2, 0.25) is 0 Å². The van der Waals surface area contributed by atoms with Gasteiger partial charge in [0.25, 0.3) is 0 Å². The van der Waals surface area contributed by atoms with Gasteiger partial charge in [-0.2, -0.15) is 0 Å². The van der Waals surface area contributed by atoms with E-state index < -0.39 is 21.2 Å². The lowest BCUT2D eigenvalue weighted by atomic mass is 9.95. The first-order valence-electron chi connectivity index (χ1n) is 8.70. The molecular weight excluding hydrogens is 340 g/mol. The van der Waals surface area contributed by atoms with E-state index in [4.69, 9.17) is 5.11 Å². The molecule has 1 heterocycles. The van der Waals surface area contributed by atoms with Crippen LogP contribution in [0.25, 0.3) is 10.9 Å². The quantitative estimate of drug-likeness (QED) is 0.845. The number of carboxylic acid groups (broad SMARTS) is 1. The normalized spacial score (nSPS) is 16.4. The summed E-state index contributed by atoms with van der Waals surface area (Å²) < 4.78 is 27.6. The molecule has 0 atom stereocenters. The number of H-pyrrole nitrogens is 1. The third kappa shape index (κ3) is 3.38. The highest BCUT2D eigenvalue weighted by atomic mass is 32.2. The molecule has 1 aromatic heterocycles. The van der Waals surface area contributed by atoms with Gasteiger partial charge in [-0.05, 0) is 51.0 Å². The van der Waals surface area contributed by atoms with E-state index in [9.17, 15) is 13.2 Å². The summed E-state index contributed by atoms with van der Waals surface area (Å²) >= 11 is 0. The molecule has 3 rings (SSSR count). The Morgan fingerprint density at radius 1 is 1.20 bits per heavy atom. The molecule has 1 aromatic carbocycles. The predicted octanol–water partition coefficient (Wildman–Crippen LogP) is 3.74. The number of aromatic carboxylic acids is 1. The van der Waals surface area contributed by atoms with Crippen LogP contribution in [0.15, 0.2) is 24.3 Å². The molecule has 25 heavy (non-hydrogen) atoms. The number of nitrogens with one attached hydrogen (secondary N) is 1. The van der Waals surface area contributed by atoms with E-state index in [0.29, 0.717) is 16.6 Å². The minimum Gasteiger partial charge on any atom is -0.477 e. The van der Waals surface area contributed by atoms with Gasteiger partial charge in [0.2, 0.25) is 10.0 Å². The molecular formula is C18H24N2O4S. The zero-order valence-corrected chi connectivity index (χ0v) is 15.3. The molecule has 2 aromatic rings. The van der Waals surface area contributed by atoms with Crippen molar-refractivity contribution in [1.29, 1.82) is 0 Å². The second kappa shape index (κ2) is 6.71. The third-order valence-corrected chi connectivity index (χ3v) is 7.11. The van der Waals surface area contributed by atoms with Crippen LogP contribution in [0.1, 0.15) is 56.4 Å². The maximum atomic E-state index is 13.0. The highest BCUT2D eigenvalue weighted by molar-refractivity contribution is 7.93. The summed E-state index contributed by atoms with van der Waals surface area (Å²) in [6.45, 7) is 3.39. The summed E-state index contributed by atoms with van der Waals surface area (Å²) in [5.41, 5.74) is 1.40. The van der Waals surface area contributed by atoms with Gasteiger partial charge in [0.05, 0.1) is 10.9 Å². The Labute approximate surface area is 147 Å². The maximum absolute atomic E-state index is 13.0. The Kier molecular flexibility index (Phi) is 4.77. The van der Waals surface area contributed by atoms with E-state index >= 15 is 0 Å². The van der Waals surface area contributed by atoms with Crippen LogP contribution in [0, 0.1) is 0 Å². The molecule has 0 radical (unpaired) electrons. The first-order chi connectivity index (χ1) is 11.8. The number of fused-ring (bicyclic) bond motifs is 1. The van der Waals surface area contributed by atoms with E-state index in [1.165, 1.54) is 0 Å². The van der Waals surface area contributed by atoms with Crippen molar-refractivity contribution in [2.75, 3.05) is 4.31 Å². The molecule has 136 valence electrons. The summed E-state index contributed by atoms with van der Waals surface area (Å²) in [4.78, 5) is 14.0. The first kappa shape index (κ1) is 17.8. The highest BCUT2D eigenvalue weighted by Crippen LogP contribution is 2.33. The Bertz CT molecular complexity index is 880. The number of aromatic amines is 1. The lowest BCUT2D eigenvalue weighted by molar-refractivity contribution is 0.0691. The number of sulfonamides is 1. The minimum absolute atomic E-state index is 0.0310. The average molecular weight is 364 g/mol. The van der Waals surface area contributed by atoms with E-state index in [2.05, 4.69) is 4.98 Å². The third-order valence-electron chi connectivity index (χ3n) is 4.87. The van der Waals surface area contributed by atoms with Crippen molar-refractivity contribution < 1.29 is 18.3 Å². The van der Waals surface area contributed by atoms with Crippen molar-refractivity contribution in [2.24, 2.45) is 0 Å². The number of carboxylic acids is 1. The lowest BCUT2D eigenvalue weighted by Gasteiger charge is -2.36. The standard InChI is InChI=1S/C18H24N2O4S/c1-12(2)25(23,24)20(14-6-4-3-5-7-14)15-8-9-16-13(10-15)11-17(19-16)18(21)22/h8-12,14,19H,3-7H2,1-2H3,(H,21,22). The number of anilines is 1. The van der Waals surface area contributed by atoms with Crippen LogP contribution >= 0.6 is 0 Å². The Hall–Kier alpha value is -2.02. The fourth-order valence-corrected chi connectivity index (χ4v) is 4.97. The monoisotopic (exact) mass is 364 g/mol. The number of nitrogens with zero attached hydrogens (tertiary/aromatic N) is 1. The van der Waals surface area contributed by atoms with E-state index in [0.717, 1.165) is 32.1 Å². The van der Waals surface area contributed by atoms with Gasteiger partial charge in [0.1, 0.15) is 5.69 Å². The van der Waals surface area contributed by atoms with Crippen molar-refractivity contribution in [3.8, 4) is 0 Å². The lowest BCUT2D eigenvalue weighted by Crippen LogP contribution is -2.44.